The van der Waals surface area contributed by atoms with Gasteiger partial charge in [0.25, 0.3) is 5.91 Å². The number of benzene rings is 2. The predicted octanol–water partition coefficient (Wildman–Crippen LogP) is 5.63. The van der Waals surface area contributed by atoms with Gasteiger partial charge in [0.05, 0.1) is 21.3 Å². The summed E-state index contributed by atoms with van der Waals surface area (Å²) < 4.78 is 1.08. The minimum atomic E-state index is -0.0305. The summed E-state index contributed by atoms with van der Waals surface area (Å²) >= 11 is 1.55. The quantitative estimate of drug-likeness (QED) is 0.464. The van der Waals surface area contributed by atoms with E-state index in [4.69, 9.17) is 4.98 Å². The van der Waals surface area contributed by atoms with E-state index in [0.29, 0.717) is 12.1 Å². The molecule has 0 saturated heterocycles. The third-order valence-corrected chi connectivity index (χ3v) is 5.69. The molecule has 2 heterocycles. The molecular weight excluding hydrogens is 354 g/mol. The molecule has 0 aliphatic rings. The molecular formula is C22H21N3OS. The third kappa shape index (κ3) is 3.19. The van der Waals surface area contributed by atoms with Crippen molar-refractivity contribution < 1.29 is 4.79 Å². The second-order valence-electron chi connectivity index (χ2n) is 6.78. The van der Waals surface area contributed by atoms with Crippen LogP contribution in [0.15, 0.2) is 54.6 Å². The lowest BCUT2D eigenvalue weighted by Crippen LogP contribution is -2.31. The van der Waals surface area contributed by atoms with Crippen LogP contribution in [0.1, 0.15) is 42.7 Å². The van der Waals surface area contributed by atoms with Gasteiger partial charge in [-0.15, -0.1) is 0 Å². The highest BCUT2D eigenvalue weighted by atomic mass is 32.1. The van der Waals surface area contributed by atoms with Crippen LogP contribution in [0.2, 0.25) is 0 Å². The minimum absolute atomic E-state index is 0.0305. The van der Waals surface area contributed by atoms with Crippen LogP contribution in [0.4, 0.5) is 5.13 Å². The molecule has 4 aromatic rings. The Bertz CT molecular complexity index is 1100. The van der Waals surface area contributed by atoms with Crippen LogP contribution >= 0.6 is 11.3 Å². The van der Waals surface area contributed by atoms with Gasteiger partial charge < -0.3 is 0 Å². The Balaban J connectivity index is 1.84. The molecule has 1 amide bonds. The van der Waals surface area contributed by atoms with Crippen molar-refractivity contribution in [2.45, 2.75) is 26.7 Å². The number of hydrogen-bond acceptors (Lipinski definition) is 4. The number of amides is 1. The third-order valence-electron chi connectivity index (χ3n) is 4.63. The molecule has 0 N–H and O–H groups in total. The first-order valence-corrected chi connectivity index (χ1v) is 9.97. The molecule has 0 radical (unpaired) electrons. The lowest BCUT2D eigenvalue weighted by atomic mass is 10.0. The number of thiazole rings is 1. The number of pyridine rings is 1. The van der Waals surface area contributed by atoms with Crippen LogP contribution in [0.25, 0.3) is 21.1 Å². The Morgan fingerprint density at radius 2 is 1.74 bits per heavy atom. The second-order valence-corrected chi connectivity index (χ2v) is 7.79. The number of carbonyl (C=O) groups excluding carboxylic acids is 1. The standard InChI is InChI=1S/C22H21N3OS/c1-4-25(22-24-18-11-7-8-12-20(18)27-22)21(26)16-13-19(14(2)3)23-17-10-6-5-9-15(16)17/h5-14H,4H2,1-3H3. The van der Waals surface area contributed by atoms with Gasteiger partial charge >= 0.3 is 0 Å². The van der Waals surface area contributed by atoms with Gasteiger partial charge in [0.1, 0.15) is 0 Å². The normalized spacial score (nSPS) is 11.4. The molecule has 0 fully saturated rings. The van der Waals surface area contributed by atoms with Crippen LogP contribution in [0.3, 0.4) is 0 Å². The van der Waals surface area contributed by atoms with Crippen LogP contribution < -0.4 is 4.90 Å². The molecule has 27 heavy (non-hydrogen) atoms. The summed E-state index contributed by atoms with van der Waals surface area (Å²) in [5.41, 5.74) is 3.39. The smallest absolute Gasteiger partial charge is 0.260 e. The van der Waals surface area contributed by atoms with Crippen LogP contribution in [0, 0.1) is 0 Å². The van der Waals surface area contributed by atoms with Gasteiger partial charge in [-0.05, 0) is 37.1 Å². The Kier molecular flexibility index (Phi) is 4.62. The Hall–Kier alpha value is -2.79. The average molecular weight is 375 g/mol. The molecule has 0 aliphatic heterocycles. The van der Waals surface area contributed by atoms with Gasteiger partial charge in [-0.2, -0.15) is 0 Å². The number of para-hydroxylation sites is 2. The van der Waals surface area contributed by atoms with Gasteiger partial charge in [0.15, 0.2) is 5.13 Å². The summed E-state index contributed by atoms with van der Waals surface area (Å²) in [6.45, 7) is 6.73. The minimum Gasteiger partial charge on any atom is -0.284 e. The number of fused-ring (bicyclic) bond motifs is 2. The summed E-state index contributed by atoms with van der Waals surface area (Å²) in [4.78, 5) is 24.7. The predicted molar refractivity (Wildman–Crippen MR) is 113 cm³/mol. The first-order chi connectivity index (χ1) is 13.1. The second kappa shape index (κ2) is 7.08. The van der Waals surface area contributed by atoms with Crippen molar-refractivity contribution >= 4 is 43.5 Å². The maximum atomic E-state index is 13.5. The van der Waals surface area contributed by atoms with E-state index in [1.165, 1.54) is 0 Å². The van der Waals surface area contributed by atoms with Crippen molar-refractivity contribution in [3.63, 3.8) is 0 Å². The molecule has 0 saturated carbocycles. The van der Waals surface area contributed by atoms with Gasteiger partial charge in [-0.1, -0.05) is 55.5 Å². The fraction of sp³-hybridized carbons (Fsp3) is 0.227. The first kappa shape index (κ1) is 17.6. The SMILES string of the molecule is CCN(C(=O)c1cc(C(C)C)nc2ccccc12)c1nc2ccccc2s1. The zero-order chi connectivity index (χ0) is 19.0. The van der Waals surface area contributed by atoms with Crippen molar-refractivity contribution in [1.29, 1.82) is 0 Å². The fourth-order valence-electron chi connectivity index (χ4n) is 3.16. The van der Waals surface area contributed by atoms with E-state index in [1.54, 1.807) is 16.2 Å². The zero-order valence-electron chi connectivity index (χ0n) is 15.6. The van der Waals surface area contributed by atoms with E-state index in [2.05, 4.69) is 18.8 Å². The molecule has 0 bridgehead atoms. The molecule has 5 heteroatoms. The Labute approximate surface area is 162 Å². The number of nitrogens with zero attached hydrogens (tertiary/aromatic N) is 3. The highest BCUT2D eigenvalue weighted by Crippen LogP contribution is 2.31. The molecule has 136 valence electrons. The molecule has 4 nitrogen and oxygen atoms in total. The lowest BCUT2D eigenvalue weighted by molar-refractivity contribution is 0.0989. The van der Waals surface area contributed by atoms with E-state index in [-0.39, 0.29) is 11.8 Å². The molecule has 2 aromatic heterocycles. The average Bonchev–Trinajstić information content (AvgIpc) is 3.11. The van der Waals surface area contributed by atoms with E-state index in [0.717, 1.165) is 31.9 Å². The Morgan fingerprint density at radius 3 is 2.44 bits per heavy atom. The van der Waals surface area contributed by atoms with E-state index in [9.17, 15) is 4.79 Å². The summed E-state index contributed by atoms with van der Waals surface area (Å²) in [5, 5.41) is 1.61. The van der Waals surface area contributed by atoms with Crippen molar-refractivity contribution in [3.8, 4) is 0 Å². The number of rotatable bonds is 4. The van der Waals surface area contributed by atoms with E-state index < -0.39 is 0 Å². The molecule has 0 atom stereocenters. The summed E-state index contributed by atoms with van der Waals surface area (Å²) in [5.74, 6) is 0.218. The highest BCUT2D eigenvalue weighted by Gasteiger charge is 2.23. The highest BCUT2D eigenvalue weighted by molar-refractivity contribution is 7.22. The van der Waals surface area contributed by atoms with Crippen LogP contribution in [0.5, 0.6) is 0 Å². The molecule has 2 aromatic carbocycles. The van der Waals surface area contributed by atoms with Crippen LogP contribution in [-0.4, -0.2) is 22.4 Å². The lowest BCUT2D eigenvalue weighted by Gasteiger charge is -2.19. The molecule has 0 spiro atoms. The number of hydrogen-bond donors (Lipinski definition) is 0. The number of anilines is 1. The number of aromatic nitrogens is 2. The summed E-state index contributed by atoms with van der Waals surface area (Å²) in [6, 6.07) is 17.7. The van der Waals surface area contributed by atoms with E-state index >= 15 is 0 Å². The molecule has 4 rings (SSSR count). The largest absolute Gasteiger partial charge is 0.284 e. The van der Waals surface area contributed by atoms with Gasteiger partial charge in [0, 0.05) is 17.6 Å². The van der Waals surface area contributed by atoms with Crippen molar-refractivity contribution in [2.75, 3.05) is 11.4 Å². The molecule has 0 unspecified atom stereocenters. The Morgan fingerprint density at radius 1 is 1.04 bits per heavy atom. The van der Waals surface area contributed by atoms with Crippen LogP contribution in [-0.2, 0) is 0 Å². The van der Waals surface area contributed by atoms with Crippen molar-refractivity contribution in [3.05, 3.63) is 65.9 Å². The zero-order valence-corrected chi connectivity index (χ0v) is 16.5. The molecule has 0 aliphatic carbocycles. The van der Waals surface area contributed by atoms with Gasteiger partial charge in [-0.25, -0.2) is 4.98 Å². The monoisotopic (exact) mass is 375 g/mol. The van der Waals surface area contributed by atoms with Crippen molar-refractivity contribution in [1.82, 2.24) is 9.97 Å². The summed E-state index contributed by atoms with van der Waals surface area (Å²) in [6.07, 6.45) is 0. The number of carbonyl (C=O) groups is 1. The van der Waals surface area contributed by atoms with E-state index in [1.807, 2.05) is 61.5 Å². The first-order valence-electron chi connectivity index (χ1n) is 9.15. The maximum Gasteiger partial charge on any atom is 0.260 e. The summed E-state index contributed by atoms with van der Waals surface area (Å²) in [7, 11) is 0. The fourth-order valence-corrected chi connectivity index (χ4v) is 4.18. The van der Waals surface area contributed by atoms with Gasteiger partial charge in [0.2, 0.25) is 0 Å². The van der Waals surface area contributed by atoms with Gasteiger partial charge in [-0.3, -0.25) is 14.7 Å². The maximum absolute atomic E-state index is 13.5. The van der Waals surface area contributed by atoms with Crippen molar-refractivity contribution in [2.24, 2.45) is 0 Å². The topological polar surface area (TPSA) is 46.1 Å².